The minimum atomic E-state index is -0.697. The van der Waals surface area contributed by atoms with E-state index in [1.807, 2.05) is 30.3 Å². The Balaban J connectivity index is 1.69. The maximum absolute atomic E-state index is 11.1. The molecule has 0 saturated heterocycles. The van der Waals surface area contributed by atoms with E-state index in [9.17, 15) is 5.11 Å². The van der Waals surface area contributed by atoms with Crippen molar-refractivity contribution in [3.63, 3.8) is 0 Å². The third kappa shape index (κ3) is 5.72. The lowest BCUT2D eigenvalue weighted by molar-refractivity contribution is 0.204. The summed E-state index contributed by atoms with van der Waals surface area (Å²) >= 11 is 0. The Labute approximate surface area is 182 Å². The molecule has 1 aromatic heterocycles. The molecule has 1 atom stereocenters. The molecule has 0 bridgehead atoms. The fourth-order valence-electron chi connectivity index (χ4n) is 4.21. The zero-order valence-corrected chi connectivity index (χ0v) is 19.0. The van der Waals surface area contributed by atoms with E-state index < -0.39 is 6.10 Å². The van der Waals surface area contributed by atoms with Gasteiger partial charge in [-0.05, 0) is 49.1 Å². The second-order valence-electron chi connectivity index (χ2n) is 8.69. The van der Waals surface area contributed by atoms with Gasteiger partial charge in [-0.1, -0.05) is 88.6 Å². The van der Waals surface area contributed by atoms with Crippen molar-refractivity contribution >= 4 is 11.0 Å². The average molecular weight is 407 g/mol. The van der Waals surface area contributed by atoms with E-state index in [2.05, 4.69) is 37.5 Å². The predicted molar refractivity (Wildman–Crippen MR) is 127 cm³/mol. The molecule has 30 heavy (non-hydrogen) atoms. The van der Waals surface area contributed by atoms with Crippen LogP contribution in [0.15, 0.2) is 42.5 Å². The summed E-state index contributed by atoms with van der Waals surface area (Å²) in [5, 5.41) is 11.1. The second-order valence-corrected chi connectivity index (χ2v) is 8.69. The van der Waals surface area contributed by atoms with Crippen molar-refractivity contribution in [1.29, 1.82) is 0 Å². The predicted octanol–water partition coefficient (Wildman–Crippen LogP) is 7.27. The number of hydrogen-bond acceptors (Lipinski definition) is 2. The minimum absolute atomic E-state index is 0.697. The summed E-state index contributed by atoms with van der Waals surface area (Å²) in [5.74, 6) is 0.765. The van der Waals surface area contributed by atoms with Crippen LogP contribution in [0.4, 0.5) is 0 Å². The van der Waals surface area contributed by atoms with Crippen molar-refractivity contribution in [3.8, 4) is 0 Å². The first-order valence-electron chi connectivity index (χ1n) is 11.8. The standard InChI is InChI=1S/C27H38N2O/c1-4-5-6-7-8-9-10-11-15-18-29-25-20-22(3)21(2)19-24(25)28-27(29)26(30)23-16-13-12-14-17-23/h12-14,16-17,19-20,26,30H,4-11,15,18H2,1-3H3. The SMILES string of the molecule is CCCCCCCCCCCn1c(C(O)c2ccccc2)nc2cc(C)c(C)cc21. The quantitative estimate of drug-likeness (QED) is 0.321. The van der Waals surface area contributed by atoms with Crippen molar-refractivity contribution < 1.29 is 5.11 Å². The Morgan fingerprint density at radius 1 is 0.833 bits per heavy atom. The highest BCUT2D eigenvalue weighted by molar-refractivity contribution is 5.78. The number of imidazole rings is 1. The van der Waals surface area contributed by atoms with Gasteiger partial charge in [-0.3, -0.25) is 0 Å². The first-order chi connectivity index (χ1) is 14.6. The van der Waals surface area contributed by atoms with Gasteiger partial charge >= 0.3 is 0 Å². The van der Waals surface area contributed by atoms with Gasteiger partial charge in [0.2, 0.25) is 0 Å². The van der Waals surface area contributed by atoms with E-state index in [0.29, 0.717) is 0 Å². The van der Waals surface area contributed by atoms with Gasteiger partial charge in [-0.2, -0.15) is 0 Å². The molecule has 0 saturated carbocycles. The van der Waals surface area contributed by atoms with E-state index in [1.54, 1.807) is 0 Å². The summed E-state index contributed by atoms with van der Waals surface area (Å²) in [7, 11) is 0. The molecule has 3 nitrogen and oxygen atoms in total. The third-order valence-electron chi connectivity index (χ3n) is 6.24. The third-order valence-corrected chi connectivity index (χ3v) is 6.24. The molecule has 0 aliphatic rings. The normalized spacial score (nSPS) is 12.5. The maximum atomic E-state index is 11.1. The lowest BCUT2D eigenvalue weighted by atomic mass is 10.1. The van der Waals surface area contributed by atoms with Gasteiger partial charge in [0, 0.05) is 6.54 Å². The molecule has 0 aliphatic carbocycles. The van der Waals surface area contributed by atoms with Gasteiger partial charge in [0.1, 0.15) is 11.9 Å². The Morgan fingerprint density at radius 3 is 2.10 bits per heavy atom. The number of rotatable bonds is 12. The summed E-state index contributed by atoms with van der Waals surface area (Å²) < 4.78 is 2.25. The van der Waals surface area contributed by atoms with Crippen LogP contribution in [0.5, 0.6) is 0 Å². The Hall–Kier alpha value is -2.13. The number of unbranched alkanes of at least 4 members (excludes halogenated alkanes) is 8. The summed E-state index contributed by atoms with van der Waals surface area (Å²) in [6, 6.07) is 14.3. The number of aromatic nitrogens is 2. The smallest absolute Gasteiger partial charge is 0.143 e. The van der Waals surface area contributed by atoms with Crippen molar-refractivity contribution in [2.24, 2.45) is 0 Å². The number of aliphatic hydroxyl groups is 1. The first kappa shape index (κ1) is 22.6. The number of benzene rings is 2. The van der Waals surface area contributed by atoms with Crippen LogP contribution in [0.3, 0.4) is 0 Å². The molecule has 3 aromatic rings. The molecular formula is C27H38N2O. The molecule has 0 radical (unpaired) electrons. The van der Waals surface area contributed by atoms with Crippen molar-refractivity contribution in [1.82, 2.24) is 9.55 Å². The first-order valence-corrected chi connectivity index (χ1v) is 11.8. The van der Waals surface area contributed by atoms with Crippen molar-refractivity contribution in [3.05, 3.63) is 65.0 Å². The molecule has 1 unspecified atom stereocenters. The molecular weight excluding hydrogens is 368 g/mol. The number of hydrogen-bond donors (Lipinski definition) is 1. The highest BCUT2D eigenvalue weighted by atomic mass is 16.3. The highest BCUT2D eigenvalue weighted by Crippen LogP contribution is 2.28. The van der Waals surface area contributed by atoms with Gasteiger partial charge in [-0.25, -0.2) is 4.98 Å². The number of nitrogens with zero attached hydrogens (tertiary/aromatic N) is 2. The van der Waals surface area contributed by atoms with Crippen LogP contribution >= 0.6 is 0 Å². The van der Waals surface area contributed by atoms with E-state index in [-0.39, 0.29) is 0 Å². The molecule has 3 rings (SSSR count). The number of aliphatic hydroxyl groups excluding tert-OH is 1. The number of fused-ring (bicyclic) bond motifs is 1. The Morgan fingerprint density at radius 2 is 1.43 bits per heavy atom. The van der Waals surface area contributed by atoms with E-state index in [4.69, 9.17) is 4.98 Å². The van der Waals surface area contributed by atoms with Gasteiger partial charge in [0.15, 0.2) is 0 Å². The summed E-state index contributed by atoms with van der Waals surface area (Å²) in [6.45, 7) is 7.46. The molecule has 0 amide bonds. The van der Waals surface area contributed by atoms with E-state index in [0.717, 1.165) is 35.4 Å². The molecule has 2 aromatic carbocycles. The summed E-state index contributed by atoms with van der Waals surface area (Å²) in [4.78, 5) is 4.86. The van der Waals surface area contributed by atoms with Crippen LogP contribution in [0.1, 0.15) is 93.3 Å². The fourth-order valence-corrected chi connectivity index (χ4v) is 4.21. The summed E-state index contributed by atoms with van der Waals surface area (Å²) in [6.07, 6.45) is 11.1. The highest BCUT2D eigenvalue weighted by Gasteiger charge is 2.20. The van der Waals surface area contributed by atoms with Crippen LogP contribution in [0.25, 0.3) is 11.0 Å². The zero-order valence-electron chi connectivity index (χ0n) is 19.0. The fraction of sp³-hybridized carbons (Fsp3) is 0.519. The van der Waals surface area contributed by atoms with E-state index >= 15 is 0 Å². The number of aryl methyl sites for hydroxylation is 3. The molecule has 1 N–H and O–H groups in total. The van der Waals surface area contributed by atoms with Crippen LogP contribution in [-0.2, 0) is 6.54 Å². The van der Waals surface area contributed by atoms with Gasteiger partial charge < -0.3 is 9.67 Å². The molecule has 3 heteroatoms. The van der Waals surface area contributed by atoms with Crippen LogP contribution in [0.2, 0.25) is 0 Å². The lowest BCUT2D eigenvalue weighted by Crippen LogP contribution is -2.10. The van der Waals surface area contributed by atoms with Crippen molar-refractivity contribution in [2.75, 3.05) is 0 Å². The van der Waals surface area contributed by atoms with Gasteiger partial charge in [0.05, 0.1) is 11.0 Å². The molecule has 162 valence electrons. The summed E-state index contributed by atoms with van der Waals surface area (Å²) in [5.41, 5.74) is 5.55. The van der Waals surface area contributed by atoms with Crippen molar-refractivity contribution in [2.45, 2.75) is 91.2 Å². The Bertz CT molecular complexity index is 914. The minimum Gasteiger partial charge on any atom is -0.380 e. The molecule has 0 spiro atoms. The maximum Gasteiger partial charge on any atom is 0.143 e. The molecule has 0 aliphatic heterocycles. The average Bonchev–Trinajstić information content (AvgIpc) is 3.10. The van der Waals surface area contributed by atoms with Gasteiger partial charge in [-0.15, -0.1) is 0 Å². The lowest BCUT2D eigenvalue weighted by Gasteiger charge is -2.15. The topological polar surface area (TPSA) is 38.0 Å². The monoisotopic (exact) mass is 406 g/mol. The van der Waals surface area contributed by atoms with Gasteiger partial charge in [0.25, 0.3) is 0 Å². The molecule has 0 fully saturated rings. The molecule has 1 heterocycles. The largest absolute Gasteiger partial charge is 0.380 e. The van der Waals surface area contributed by atoms with E-state index in [1.165, 1.54) is 62.5 Å². The zero-order chi connectivity index (χ0) is 21.3. The van der Waals surface area contributed by atoms with Crippen LogP contribution in [0, 0.1) is 13.8 Å². The Kier molecular flexibility index (Phi) is 8.50. The second kappa shape index (κ2) is 11.3. The van der Waals surface area contributed by atoms with Crippen LogP contribution in [-0.4, -0.2) is 14.7 Å². The van der Waals surface area contributed by atoms with Crippen LogP contribution < -0.4 is 0 Å².